The Kier molecular flexibility index (Phi) is 5.42. The summed E-state index contributed by atoms with van der Waals surface area (Å²) in [5.74, 6) is -0.144. The van der Waals surface area contributed by atoms with Gasteiger partial charge in [0, 0.05) is 12.6 Å². The molecule has 2 aromatic rings. The van der Waals surface area contributed by atoms with E-state index in [9.17, 15) is 18.0 Å². The van der Waals surface area contributed by atoms with Crippen LogP contribution in [0.15, 0.2) is 60.7 Å². The molecule has 6 heteroatoms. The number of rotatable bonds is 3. The minimum Gasteiger partial charge on any atom is -0.370 e. The average Bonchev–Trinajstić information content (AvgIpc) is 2.66. The summed E-state index contributed by atoms with van der Waals surface area (Å²) in [5, 5.41) is 0. The standard InChI is InChI=1S/C20H18F3NO2/c21-20(22,23)17-9-7-16(8-10-17)18-14-24(12-13-26-18)19(25)11-6-15-4-2-1-3-5-15/h1-11,18H,12-14H2/b11-6+. The smallest absolute Gasteiger partial charge is 0.370 e. The van der Waals surface area contributed by atoms with Gasteiger partial charge >= 0.3 is 6.18 Å². The fourth-order valence-electron chi connectivity index (χ4n) is 2.77. The number of hydrogen-bond acceptors (Lipinski definition) is 2. The Labute approximate surface area is 149 Å². The van der Waals surface area contributed by atoms with Gasteiger partial charge in [-0.25, -0.2) is 0 Å². The zero-order chi connectivity index (χ0) is 18.6. The molecule has 1 saturated heterocycles. The first kappa shape index (κ1) is 18.2. The van der Waals surface area contributed by atoms with Crippen LogP contribution >= 0.6 is 0 Å². The molecule has 0 spiro atoms. The highest BCUT2D eigenvalue weighted by Gasteiger charge is 2.31. The number of nitrogens with zero attached hydrogens (tertiary/aromatic N) is 1. The molecule has 1 fully saturated rings. The molecule has 0 bridgehead atoms. The van der Waals surface area contributed by atoms with Crippen LogP contribution in [0, 0.1) is 0 Å². The van der Waals surface area contributed by atoms with Crippen molar-refractivity contribution in [3.8, 4) is 0 Å². The predicted molar refractivity (Wildman–Crippen MR) is 92.2 cm³/mol. The summed E-state index contributed by atoms with van der Waals surface area (Å²) in [6.07, 6.45) is -1.55. The minimum absolute atomic E-state index is 0.144. The van der Waals surface area contributed by atoms with Crippen molar-refractivity contribution in [3.63, 3.8) is 0 Å². The summed E-state index contributed by atoms with van der Waals surface area (Å²) in [5.41, 5.74) is 0.853. The van der Waals surface area contributed by atoms with Gasteiger partial charge in [0.15, 0.2) is 0 Å². The van der Waals surface area contributed by atoms with E-state index in [1.165, 1.54) is 18.2 Å². The normalized spacial score (nSPS) is 18.3. The Hall–Kier alpha value is -2.60. The zero-order valence-corrected chi connectivity index (χ0v) is 13.9. The Morgan fingerprint density at radius 1 is 1.08 bits per heavy atom. The van der Waals surface area contributed by atoms with Crippen LogP contribution in [-0.4, -0.2) is 30.5 Å². The summed E-state index contributed by atoms with van der Waals surface area (Å²) in [6, 6.07) is 14.4. The lowest BCUT2D eigenvalue weighted by atomic mass is 10.0. The monoisotopic (exact) mass is 361 g/mol. The van der Waals surface area contributed by atoms with Gasteiger partial charge in [-0.3, -0.25) is 4.79 Å². The van der Waals surface area contributed by atoms with Gasteiger partial charge in [0.05, 0.1) is 18.7 Å². The van der Waals surface area contributed by atoms with Crippen molar-refractivity contribution in [2.24, 2.45) is 0 Å². The van der Waals surface area contributed by atoms with Crippen LogP contribution in [0.4, 0.5) is 13.2 Å². The highest BCUT2D eigenvalue weighted by atomic mass is 19.4. The number of benzene rings is 2. The first-order valence-corrected chi connectivity index (χ1v) is 8.24. The highest BCUT2D eigenvalue weighted by molar-refractivity contribution is 5.91. The third kappa shape index (κ3) is 4.52. The van der Waals surface area contributed by atoms with Crippen LogP contribution in [-0.2, 0) is 15.7 Å². The third-order valence-electron chi connectivity index (χ3n) is 4.21. The van der Waals surface area contributed by atoms with E-state index >= 15 is 0 Å². The molecule has 0 aliphatic carbocycles. The lowest BCUT2D eigenvalue weighted by molar-refractivity contribution is -0.137. The first-order chi connectivity index (χ1) is 12.4. The zero-order valence-electron chi connectivity index (χ0n) is 13.9. The molecule has 3 rings (SSSR count). The van der Waals surface area contributed by atoms with Gasteiger partial charge < -0.3 is 9.64 Å². The van der Waals surface area contributed by atoms with Gasteiger partial charge in [0.25, 0.3) is 0 Å². The molecule has 2 aromatic carbocycles. The molecular formula is C20H18F3NO2. The molecule has 1 amide bonds. The Bertz CT molecular complexity index is 770. The number of amides is 1. The van der Waals surface area contributed by atoms with Gasteiger partial charge in [-0.1, -0.05) is 42.5 Å². The maximum atomic E-state index is 12.7. The molecule has 3 nitrogen and oxygen atoms in total. The second-order valence-electron chi connectivity index (χ2n) is 6.01. The molecule has 1 aliphatic rings. The molecule has 1 aliphatic heterocycles. The van der Waals surface area contributed by atoms with E-state index in [-0.39, 0.29) is 5.91 Å². The van der Waals surface area contributed by atoms with Crippen LogP contribution in [0.3, 0.4) is 0 Å². The number of morpholine rings is 1. The van der Waals surface area contributed by atoms with Gasteiger partial charge in [-0.05, 0) is 29.3 Å². The Morgan fingerprint density at radius 3 is 2.42 bits per heavy atom. The number of carbonyl (C=O) groups excluding carboxylic acids is 1. The van der Waals surface area contributed by atoms with Crippen LogP contribution in [0.25, 0.3) is 6.08 Å². The molecule has 136 valence electrons. The van der Waals surface area contributed by atoms with Crippen molar-refractivity contribution in [1.29, 1.82) is 0 Å². The predicted octanol–water partition coefficient (Wildman–Crippen LogP) is 4.32. The average molecular weight is 361 g/mol. The number of ether oxygens (including phenoxy) is 1. The topological polar surface area (TPSA) is 29.5 Å². The molecule has 1 atom stereocenters. The molecular weight excluding hydrogens is 343 g/mol. The molecule has 0 N–H and O–H groups in total. The van der Waals surface area contributed by atoms with E-state index in [0.717, 1.165) is 17.7 Å². The van der Waals surface area contributed by atoms with E-state index in [1.807, 2.05) is 30.3 Å². The molecule has 1 heterocycles. The Balaban J connectivity index is 1.65. The van der Waals surface area contributed by atoms with Crippen molar-refractivity contribution in [2.45, 2.75) is 12.3 Å². The lowest BCUT2D eigenvalue weighted by Gasteiger charge is -2.32. The molecule has 26 heavy (non-hydrogen) atoms. The molecule has 0 radical (unpaired) electrons. The molecule has 0 saturated carbocycles. The van der Waals surface area contributed by atoms with Crippen molar-refractivity contribution in [3.05, 3.63) is 77.4 Å². The first-order valence-electron chi connectivity index (χ1n) is 8.24. The molecule has 1 unspecified atom stereocenters. The third-order valence-corrected chi connectivity index (χ3v) is 4.21. The minimum atomic E-state index is -4.36. The number of carbonyl (C=O) groups is 1. The SMILES string of the molecule is O=C(/C=C/c1ccccc1)N1CCOC(c2ccc(C(F)(F)F)cc2)C1. The second kappa shape index (κ2) is 7.74. The summed E-state index contributed by atoms with van der Waals surface area (Å²) in [4.78, 5) is 14.0. The maximum absolute atomic E-state index is 12.7. The van der Waals surface area contributed by atoms with Crippen molar-refractivity contribution in [1.82, 2.24) is 4.90 Å². The van der Waals surface area contributed by atoms with E-state index in [4.69, 9.17) is 4.74 Å². The van der Waals surface area contributed by atoms with E-state index in [2.05, 4.69) is 0 Å². The van der Waals surface area contributed by atoms with E-state index in [0.29, 0.717) is 25.3 Å². The fraction of sp³-hybridized carbons (Fsp3) is 0.250. The van der Waals surface area contributed by atoms with Crippen molar-refractivity contribution in [2.75, 3.05) is 19.7 Å². The summed E-state index contributed by atoms with van der Waals surface area (Å²) in [6.45, 7) is 1.11. The van der Waals surface area contributed by atoms with Gasteiger partial charge in [0.1, 0.15) is 6.10 Å². The number of halogens is 3. The van der Waals surface area contributed by atoms with Gasteiger partial charge in [-0.15, -0.1) is 0 Å². The van der Waals surface area contributed by atoms with Crippen molar-refractivity contribution < 1.29 is 22.7 Å². The largest absolute Gasteiger partial charge is 0.416 e. The van der Waals surface area contributed by atoms with Crippen molar-refractivity contribution >= 4 is 12.0 Å². The van der Waals surface area contributed by atoms with Crippen LogP contribution < -0.4 is 0 Å². The Morgan fingerprint density at radius 2 is 1.77 bits per heavy atom. The van der Waals surface area contributed by atoms with Gasteiger partial charge in [0.2, 0.25) is 5.91 Å². The summed E-state index contributed by atoms with van der Waals surface area (Å²) >= 11 is 0. The lowest BCUT2D eigenvalue weighted by Crippen LogP contribution is -2.41. The van der Waals surface area contributed by atoms with E-state index in [1.54, 1.807) is 11.0 Å². The quantitative estimate of drug-likeness (QED) is 0.762. The summed E-state index contributed by atoms with van der Waals surface area (Å²) in [7, 11) is 0. The number of hydrogen-bond donors (Lipinski definition) is 0. The van der Waals surface area contributed by atoms with E-state index < -0.39 is 17.8 Å². The summed E-state index contributed by atoms with van der Waals surface area (Å²) < 4.78 is 43.6. The highest BCUT2D eigenvalue weighted by Crippen LogP contribution is 2.31. The fourth-order valence-corrected chi connectivity index (χ4v) is 2.77. The maximum Gasteiger partial charge on any atom is 0.416 e. The van der Waals surface area contributed by atoms with Crippen LogP contribution in [0.1, 0.15) is 22.8 Å². The van der Waals surface area contributed by atoms with Crippen LogP contribution in [0.5, 0.6) is 0 Å². The number of alkyl halides is 3. The second-order valence-corrected chi connectivity index (χ2v) is 6.01. The van der Waals surface area contributed by atoms with Gasteiger partial charge in [-0.2, -0.15) is 13.2 Å². The van der Waals surface area contributed by atoms with Crippen LogP contribution in [0.2, 0.25) is 0 Å². The molecule has 0 aromatic heterocycles.